The molecule has 0 atom stereocenters. The first-order chi connectivity index (χ1) is 13.8. The number of amides is 1. The molecule has 1 aromatic heterocycles. The maximum Gasteiger partial charge on any atom is 0.434 e. The molecule has 0 spiro atoms. The van der Waals surface area contributed by atoms with E-state index in [0.29, 0.717) is 0 Å². The standard InChI is InChI=1S/C15H16ClF6N3O4S/c16-11-2-1-10(7-23-11)25(30(27)28)8-9-3-5-24(6-4-9)13(26)29-12(14(17,18)19)15(20,21)22/h1-2,7,9,12,30H,3-6,8H2. The van der Waals surface area contributed by atoms with Crippen LogP contribution in [0.2, 0.25) is 5.15 Å². The molecule has 0 N–H and O–H groups in total. The minimum Gasteiger partial charge on any atom is -0.426 e. The van der Waals surface area contributed by atoms with Crippen molar-refractivity contribution < 1.29 is 44.3 Å². The smallest absolute Gasteiger partial charge is 0.426 e. The number of ether oxygens (including phenoxy) is 1. The Balaban J connectivity index is 1.96. The van der Waals surface area contributed by atoms with E-state index in [4.69, 9.17) is 11.6 Å². The third-order valence-corrected chi connectivity index (χ3v) is 5.34. The highest BCUT2D eigenvalue weighted by Crippen LogP contribution is 2.36. The van der Waals surface area contributed by atoms with Gasteiger partial charge in [-0.3, -0.25) is 4.31 Å². The summed E-state index contributed by atoms with van der Waals surface area (Å²) in [6.07, 6.45) is -16.0. The first-order valence-corrected chi connectivity index (χ1v) is 9.92. The predicted octanol–water partition coefficient (Wildman–Crippen LogP) is 3.41. The van der Waals surface area contributed by atoms with E-state index in [2.05, 4.69) is 9.72 Å². The van der Waals surface area contributed by atoms with Crippen LogP contribution in [-0.2, 0) is 15.6 Å². The van der Waals surface area contributed by atoms with Crippen LogP contribution in [0.25, 0.3) is 0 Å². The molecule has 0 bridgehead atoms. The van der Waals surface area contributed by atoms with Crippen molar-refractivity contribution in [2.75, 3.05) is 23.9 Å². The maximum atomic E-state index is 12.5. The molecule has 0 saturated carbocycles. The summed E-state index contributed by atoms with van der Waals surface area (Å²) in [7, 11) is -3.04. The van der Waals surface area contributed by atoms with Gasteiger partial charge in [0, 0.05) is 19.6 Å². The van der Waals surface area contributed by atoms with E-state index >= 15 is 0 Å². The third-order valence-electron chi connectivity index (χ3n) is 4.32. The molecule has 30 heavy (non-hydrogen) atoms. The van der Waals surface area contributed by atoms with Crippen molar-refractivity contribution in [1.29, 1.82) is 0 Å². The summed E-state index contributed by atoms with van der Waals surface area (Å²) in [5.41, 5.74) is 0.246. The van der Waals surface area contributed by atoms with E-state index in [1.54, 1.807) is 0 Å². The first-order valence-electron chi connectivity index (χ1n) is 8.41. The number of rotatable bonds is 5. The van der Waals surface area contributed by atoms with E-state index in [0.717, 1.165) is 9.21 Å². The van der Waals surface area contributed by atoms with Gasteiger partial charge in [0.1, 0.15) is 5.15 Å². The van der Waals surface area contributed by atoms with Crippen LogP contribution in [-0.4, -0.2) is 62.5 Å². The number of alkyl halides is 6. The van der Waals surface area contributed by atoms with Gasteiger partial charge in [0.05, 0.1) is 11.9 Å². The minimum absolute atomic E-state index is 0.00136. The quantitative estimate of drug-likeness (QED) is 0.394. The molecule has 1 aliphatic rings. The second kappa shape index (κ2) is 9.45. The molecular weight excluding hydrogens is 468 g/mol. The second-order valence-electron chi connectivity index (χ2n) is 6.44. The van der Waals surface area contributed by atoms with Crippen LogP contribution < -0.4 is 4.31 Å². The molecule has 2 heterocycles. The number of thiol groups is 1. The number of nitrogens with zero attached hydrogens (tertiary/aromatic N) is 3. The lowest BCUT2D eigenvalue weighted by Crippen LogP contribution is -2.49. The summed E-state index contributed by atoms with van der Waals surface area (Å²) < 4.78 is 103. The molecular formula is C15H16ClF6N3O4S. The van der Waals surface area contributed by atoms with Gasteiger partial charge in [0.2, 0.25) is 10.9 Å². The van der Waals surface area contributed by atoms with Crippen LogP contribution in [0, 0.1) is 5.92 Å². The number of hydrogen-bond acceptors (Lipinski definition) is 5. The largest absolute Gasteiger partial charge is 0.434 e. The predicted molar refractivity (Wildman–Crippen MR) is 93.6 cm³/mol. The Morgan fingerprint density at radius 3 is 2.20 bits per heavy atom. The van der Waals surface area contributed by atoms with Crippen molar-refractivity contribution >= 4 is 34.3 Å². The molecule has 0 unspecified atom stereocenters. The van der Waals surface area contributed by atoms with Gasteiger partial charge in [-0.25, -0.2) is 18.2 Å². The Morgan fingerprint density at radius 1 is 1.20 bits per heavy atom. The number of likely N-dealkylation sites (tertiary alicyclic amines) is 1. The summed E-state index contributed by atoms with van der Waals surface area (Å²) in [6, 6.07) is 2.82. The fourth-order valence-corrected chi connectivity index (χ4v) is 3.61. The van der Waals surface area contributed by atoms with Crippen molar-refractivity contribution in [1.82, 2.24) is 9.88 Å². The molecule has 0 aliphatic carbocycles. The second-order valence-corrected chi connectivity index (χ2v) is 7.78. The molecule has 0 radical (unpaired) electrons. The highest BCUT2D eigenvalue weighted by atomic mass is 35.5. The molecule has 1 amide bonds. The Labute approximate surface area is 173 Å². The summed E-state index contributed by atoms with van der Waals surface area (Å²) in [6.45, 7) is -0.374. The van der Waals surface area contributed by atoms with Crippen molar-refractivity contribution in [2.45, 2.75) is 31.3 Å². The van der Waals surface area contributed by atoms with Crippen LogP contribution in [0.5, 0.6) is 0 Å². The molecule has 1 fully saturated rings. The van der Waals surface area contributed by atoms with Gasteiger partial charge in [0.15, 0.2) is 0 Å². The molecule has 0 aromatic carbocycles. The van der Waals surface area contributed by atoms with Gasteiger partial charge in [0.25, 0.3) is 6.10 Å². The van der Waals surface area contributed by atoms with Gasteiger partial charge in [-0.1, -0.05) is 11.6 Å². The van der Waals surface area contributed by atoms with Crippen LogP contribution in [0.3, 0.4) is 0 Å². The Bertz CT molecular complexity index is 788. The van der Waals surface area contributed by atoms with Crippen molar-refractivity contribution in [3.8, 4) is 0 Å². The SMILES string of the molecule is O=C(OC(C(F)(F)F)C(F)(F)F)N1CCC(CN(c2ccc(Cl)nc2)[SH](=O)=O)CC1. The fraction of sp³-hybridized carbons (Fsp3) is 0.600. The molecule has 15 heteroatoms. The Morgan fingerprint density at radius 2 is 1.77 bits per heavy atom. The molecule has 1 saturated heterocycles. The van der Waals surface area contributed by atoms with E-state index in [1.165, 1.54) is 18.3 Å². The van der Waals surface area contributed by atoms with Crippen molar-refractivity contribution in [2.24, 2.45) is 5.92 Å². The molecule has 2 rings (SSSR count). The normalized spacial score (nSPS) is 16.2. The number of carbonyl (C=O) groups excluding carboxylic acids is 1. The molecule has 1 aliphatic heterocycles. The van der Waals surface area contributed by atoms with Gasteiger partial charge < -0.3 is 9.64 Å². The van der Waals surface area contributed by atoms with E-state index in [9.17, 15) is 39.6 Å². The number of hydrogen-bond donors (Lipinski definition) is 1. The van der Waals surface area contributed by atoms with E-state index in [-0.39, 0.29) is 49.2 Å². The number of aromatic nitrogens is 1. The van der Waals surface area contributed by atoms with Crippen LogP contribution >= 0.6 is 11.6 Å². The number of halogens is 7. The Kier molecular flexibility index (Phi) is 7.66. The zero-order valence-corrected chi connectivity index (χ0v) is 16.6. The van der Waals surface area contributed by atoms with Crippen molar-refractivity contribution in [3.63, 3.8) is 0 Å². The van der Waals surface area contributed by atoms with Gasteiger partial charge in [-0.2, -0.15) is 26.3 Å². The topological polar surface area (TPSA) is 79.8 Å². The summed E-state index contributed by atoms with van der Waals surface area (Å²) in [4.78, 5) is 16.3. The van der Waals surface area contributed by atoms with Crippen LogP contribution in [0.4, 0.5) is 36.8 Å². The number of piperidine rings is 1. The highest BCUT2D eigenvalue weighted by molar-refractivity contribution is 7.74. The third kappa shape index (κ3) is 6.52. The lowest BCUT2D eigenvalue weighted by Gasteiger charge is -2.34. The van der Waals surface area contributed by atoms with E-state index < -0.39 is 35.4 Å². The average molecular weight is 484 g/mol. The van der Waals surface area contributed by atoms with Gasteiger partial charge in [-0.15, -0.1) is 0 Å². The van der Waals surface area contributed by atoms with Gasteiger partial charge >= 0.3 is 18.4 Å². The highest BCUT2D eigenvalue weighted by Gasteiger charge is 2.60. The first kappa shape index (κ1) is 24.3. The minimum atomic E-state index is -5.79. The Hall–Kier alpha value is -1.96. The molecule has 7 nitrogen and oxygen atoms in total. The average Bonchev–Trinajstić information content (AvgIpc) is 2.63. The van der Waals surface area contributed by atoms with Gasteiger partial charge in [-0.05, 0) is 30.9 Å². The fourth-order valence-electron chi connectivity index (χ4n) is 2.82. The number of anilines is 1. The van der Waals surface area contributed by atoms with Crippen LogP contribution in [0.15, 0.2) is 18.3 Å². The lowest BCUT2D eigenvalue weighted by atomic mass is 9.97. The van der Waals surface area contributed by atoms with Crippen molar-refractivity contribution in [3.05, 3.63) is 23.5 Å². The molecule has 1 aromatic rings. The van der Waals surface area contributed by atoms with E-state index in [1.807, 2.05) is 0 Å². The monoisotopic (exact) mass is 483 g/mol. The maximum absolute atomic E-state index is 12.5. The number of pyridine rings is 1. The summed E-state index contributed by atoms with van der Waals surface area (Å²) in [5.74, 6) is -0.293. The molecule has 170 valence electrons. The van der Waals surface area contributed by atoms with Crippen LogP contribution in [0.1, 0.15) is 12.8 Å². The lowest BCUT2D eigenvalue weighted by molar-refractivity contribution is -0.308. The summed E-state index contributed by atoms with van der Waals surface area (Å²) in [5, 5.41) is 0.155. The zero-order chi connectivity index (χ0) is 22.7. The number of carbonyl (C=O) groups is 1. The summed E-state index contributed by atoms with van der Waals surface area (Å²) >= 11 is 5.66. The zero-order valence-electron chi connectivity index (χ0n) is 15.0.